The van der Waals surface area contributed by atoms with Crippen molar-refractivity contribution in [2.45, 2.75) is 39.9 Å². The molecule has 0 fully saturated rings. The topological polar surface area (TPSA) is 61.8 Å². The summed E-state index contributed by atoms with van der Waals surface area (Å²) >= 11 is 0. The van der Waals surface area contributed by atoms with Gasteiger partial charge < -0.3 is 13.8 Å². The Morgan fingerprint density at radius 3 is 1.88 bits per heavy atom. The molecule has 0 aliphatic rings. The standard InChI is InChI=1S/C10H19O5P/c1-8(2)14-16(12,15-9(3)4)7-6-10(11)13-5/h6-9H,1-5H3/b7-6+. The minimum Gasteiger partial charge on any atom is -0.466 e. The van der Waals surface area contributed by atoms with Gasteiger partial charge >= 0.3 is 13.6 Å². The molecule has 0 radical (unpaired) electrons. The van der Waals surface area contributed by atoms with Crippen LogP contribution in [0.1, 0.15) is 27.7 Å². The Morgan fingerprint density at radius 2 is 1.56 bits per heavy atom. The third-order valence-electron chi connectivity index (χ3n) is 1.31. The zero-order valence-corrected chi connectivity index (χ0v) is 11.2. The molecule has 0 heterocycles. The zero-order chi connectivity index (χ0) is 12.8. The number of carbonyl (C=O) groups excluding carboxylic acids is 1. The largest absolute Gasteiger partial charge is 0.466 e. The number of hydrogen-bond donors (Lipinski definition) is 0. The lowest BCUT2D eigenvalue weighted by Crippen LogP contribution is -2.07. The van der Waals surface area contributed by atoms with Crippen molar-refractivity contribution in [2.75, 3.05) is 7.11 Å². The summed E-state index contributed by atoms with van der Waals surface area (Å²) < 4.78 is 26.9. The van der Waals surface area contributed by atoms with E-state index < -0.39 is 13.6 Å². The molecule has 0 amide bonds. The molecule has 0 aromatic rings. The smallest absolute Gasteiger partial charge is 0.354 e. The SMILES string of the molecule is COC(=O)/C=C/P(=O)(OC(C)C)OC(C)C. The van der Waals surface area contributed by atoms with Gasteiger partial charge in [0.2, 0.25) is 0 Å². The highest BCUT2D eigenvalue weighted by Crippen LogP contribution is 2.51. The van der Waals surface area contributed by atoms with E-state index in [1.807, 2.05) is 0 Å². The van der Waals surface area contributed by atoms with Crippen LogP contribution in [0.25, 0.3) is 0 Å². The minimum absolute atomic E-state index is 0.258. The maximum atomic E-state index is 12.1. The van der Waals surface area contributed by atoms with Crippen LogP contribution in [-0.4, -0.2) is 25.3 Å². The summed E-state index contributed by atoms with van der Waals surface area (Å²) in [5.41, 5.74) is 0. The molecule has 0 aromatic carbocycles. The Kier molecular flexibility index (Phi) is 6.56. The molecule has 94 valence electrons. The Labute approximate surface area is 96.3 Å². The number of rotatable bonds is 6. The fraction of sp³-hybridized carbons (Fsp3) is 0.700. The van der Waals surface area contributed by atoms with Crippen LogP contribution in [0.15, 0.2) is 11.9 Å². The van der Waals surface area contributed by atoms with Gasteiger partial charge in [0, 0.05) is 11.9 Å². The lowest BCUT2D eigenvalue weighted by atomic mass is 10.5. The van der Waals surface area contributed by atoms with Crippen LogP contribution >= 0.6 is 7.60 Å². The van der Waals surface area contributed by atoms with Gasteiger partial charge in [0.15, 0.2) is 0 Å². The molecule has 5 nitrogen and oxygen atoms in total. The van der Waals surface area contributed by atoms with E-state index in [1.54, 1.807) is 27.7 Å². The number of ether oxygens (including phenoxy) is 1. The first-order valence-electron chi connectivity index (χ1n) is 5.03. The van der Waals surface area contributed by atoms with Crippen LogP contribution in [0.5, 0.6) is 0 Å². The first kappa shape index (κ1) is 15.4. The van der Waals surface area contributed by atoms with Gasteiger partial charge in [0.1, 0.15) is 0 Å². The molecule has 0 unspecified atom stereocenters. The van der Waals surface area contributed by atoms with Gasteiger partial charge in [-0.2, -0.15) is 0 Å². The number of carbonyl (C=O) groups is 1. The molecule has 0 saturated carbocycles. The Bertz CT molecular complexity index is 282. The number of hydrogen-bond acceptors (Lipinski definition) is 5. The molecule has 16 heavy (non-hydrogen) atoms. The van der Waals surface area contributed by atoms with E-state index in [0.29, 0.717) is 0 Å². The van der Waals surface area contributed by atoms with Crippen molar-refractivity contribution >= 4 is 13.6 Å². The first-order chi connectivity index (χ1) is 7.29. The van der Waals surface area contributed by atoms with Gasteiger partial charge in [-0.3, -0.25) is 4.57 Å². The molecular formula is C10H19O5P. The summed E-state index contributed by atoms with van der Waals surface area (Å²) in [5, 5.41) is 0. The maximum Gasteiger partial charge on any atom is 0.354 e. The normalized spacial score (nSPS) is 12.7. The molecule has 6 heteroatoms. The predicted octanol–water partition coefficient (Wildman–Crippen LogP) is 2.72. The summed E-state index contributed by atoms with van der Waals surface area (Å²) in [4.78, 5) is 10.9. The highest BCUT2D eigenvalue weighted by atomic mass is 31.2. The molecule has 0 aliphatic carbocycles. The molecule has 0 bridgehead atoms. The molecule has 0 spiro atoms. The number of esters is 1. The highest BCUT2D eigenvalue weighted by Gasteiger charge is 2.24. The summed E-state index contributed by atoms with van der Waals surface area (Å²) in [7, 11) is -2.14. The third kappa shape index (κ3) is 6.77. The van der Waals surface area contributed by atoms with Gasteiger partial charge in [-0.05, 0) is 27.7 Å². The van der Waals surface area contributed by atoms with Crippen LogP contribution < -0.4 is 0 Å². The van der Waals surface area contributed by atoms with Crippen LogP contribution in [-0.2, 0) is 23.1 Å². The zero-order valence-electron chi connectivity index (χ0n) is 10.3. The van der Waals surface area contributed by atoms with Crippen LogP contribution in [0, 0.1) is 0 Å². The van der Waals surface area contributed by atoms with E-state index >= 15 is 0 Å². The quantitative estimate of drug-likeness (QED) is 0.412. The maximum absolute atomic E-state index is 12.1. The fourth-order valence-electron chi connectivity index (χ4n) is 0.903. The van der Waals surface area contributed by atoms with E-state index in [1.165, 1.54) is 7.11 Å². The summed E-state index contributed by atoms with van der Waals surface area (Å²) in [5.74, 6) is 0.527. The summed E-state index contributed by atoms with van der Waals surface area (Å²) in [6.07, 6.45) is 0.532. The molecule has 0 atom stereocenters. The predicted molar refractivity (Wildman–Crippen MR) is 61.2 cm³/mol. The average molecular weight is 250 g/mol. The monoisotopic (exact) mass is 250 g/mol. The molecule has 0 aromatic heterocycles. The summed E-state index contributed by atoms with van der Waals surface area (Å²) in [6, 6.07) is 0. The summed E-state index contributed by atoms with van der Waals surface area (Å²) in [6.45, 7) is 6.95. The van der Waals surface area contributed by atoms with E-state index in [4.69, 9.17) is 9.05 Å². The van der Waals surface area contributed by atoms with Gasteiger partial charge in [0.05, 0.1) is 19.3 Å². The molecule has 0 aliphatic heterocycles. The Morgan fingerprint density at radius 1 is 1.12 bits per heavy atom. The van der Waals surface area contributed by atoms with E-state index in [9.17, 15) is 9.36 Å². The van der Waals surface area contributed by atoms with Crippen molar-refractivity contribution in [1.29, 1.82) is 0 Å². The van der Waals surface area contributed by atoms with Gasteiger partial charge in [-0.1, -0.05) is 0 Å². The lowest BCUT2D eigenvalue weighted by molar-refractivity contribution is -0.134. The van der Waals surface area contributed by atoms with Crippen molar-refractivity contribution in [3.05, 3.63) is 11.9 Å². The van der Waals surface area contributed by atoms with E-state index in [-0.39, 0.29) is 12.2 Å². The van der Waals surface area contributed by atoms with Crippen molar-refractivity contribution in [1.82, 2.24) is 0 Å². The van der Waals surface area contributed by atoms with Gasteiger partial charge in [0.25, 0.3) is 0 Å². The van der Waals surface area contributed by atoms with Gasteiger partial charge in [-0.15, -0.1) is 0 Å². The molecule has 0 rings (SSSR count). The number of methoxy groups -OCH3 is 1. The molecule has 0 saturated heterocycles. The minimum atomic E-state index is -3.38. The van der Waals surface area contributed by atoms with Crippen molar-refractivity contribution < 1.29 is 23.1 Å². The fourth-order valence-corrected chi connectivity index (χ4v) is 2.57. The van der Waals surface area contributed by atoms with Crippen molar-refractivity contribution in [2.24, 2.45) is 0 Å². The highest BCUT2D eigenvalue weighted by molar-refractivity contribution is 7.57. The second kappa shape index (κ2) is 6.84. The average Bonchev–Trinajstić information content (AvgIpc) is 2.11. The second-order valence-electron chi connectivity index (χ2n) is 3.69. The van der Waals surface area contributed by atoms with Crippen molar-refractivity contribution in [3.63, 3.8) is 0 Å². The van der Waals surface area contributed by atoms with E-state index in [0.717, 1.165) is 11.9 Å². The van der Waals surface area contributed by atoms with Crippen molar-refractivity contribution in [3.8, 4) is 0 Å². The van der Waals surface area contributed by atoms with Crippen LogP contribution in [0.2, 0.25) is 0 Å². The van der Waals surface area contributed by atoms with Crippen LogP contribution in [0.3, 0.4) is 0 Å². The van der Waals surface area contributed by atoms with Crippen LogP contribution in [0.4, 0.5) is 0 Å². The molecular weight excluding hydrogens is 231 g/mol. The Balaban J connectivity index is 4.72. The second-order valence-corrected chi connectivity index (χ2v) is 5.49. The third-order valence-corrected chi connectivity index (χ3v) is 3.26. The van der Waals surface area contributed by atoms with Gasteiger partial charge in [-0.25, -0.2) is 4.79 Å². The molecule has 0 N–H and O–H groups in total. The van der Waals surface area contributed by atoms with E-state index in [2.05, 4.69) is 4.74 Å². The first-order valence-corrected chi connectivity index (χ1v) is 6.64. The lowest BCUT2D eigenvalue weighted by Gasteiger charge is -2.19. The Hall–Kier alpha value is -0.640.